The Labute approximate surface area is 51.1 Å². The van der Waals surface area contributed by atoms with Gasteiger partial charge in [-0.25, -0.2) is 0 Å². The van der Waals surface area contributed by atoms with Crippen molar-refractivity contribution < 1.29 is 4.79 Å². The van der Waals surface area contributed by atoms with Gasteiger partial charge < -0.3 is 4.79 Å². The van der Waals surface area contributed by atoms with Crippen LogP contribution in [0.2, 0.25) is 0 Å². The predicted molar refractivity (Wildman–Crippen MR) is 34.8 cm³/mol. The average molecular weight is 114 g/mol. The molecule has 1 aliphatic rings. The molecule has 0 spiro atoms. The Morgan fingerprint density at radius 2 is 1.62 bits per heavy atom. The molecule has 0 saturated heterocycles. The van der Waals surface area contributed by atoms with Crippen molar-refractivity contribution >= 4 is 6.79 Å². The SMILES string of the molecule is C=O.CC1CCCC1. The van der Waals surface area contributed by atoms with Crippen molar-refractivity contribution in [3.8, 4) is 0 Å². The van der Waals surface area contributed by atoms with Crippen molar-refractivity contribution in [1.29, 1.82) is 0 Å². The fourth-order valence-electron chi connectivity index (χ4n) is 1.13. The minimum absolute atomic E-state index is 1.05. The predicted octanol–water partition coefficient (Wildman–Crippen LogP) is 2.01. The van der Waals surface area contributed by atoms with Crippen LogP contribution >= 0.6 is 0 Å². The lowest BCUT2D eigenvalue weighted by Gasteiger charge is -1.91. The Morgan fingerprint density at radius 1 is 1.25 bits per heavy atom. The first-order valence-electron chi connectivity index (χ1n) is 3.18. The first-order valence-corrected chi connectivity index (χ1v) is 3.18. The maximum Gasteiger partial charge on any atom is 0.106 e. The third-order valence-corrected chi connectivity index (χ3v) is 1.64. The van der Waals surface area contributed by atoms with Crippen LogP contribution in [0, 0.1) is 5.92 Å². The molecule has 1 heteroatoms. The number of hydrogen-bond donors (Lipinski definition) is 0. The molecule has 1 nitrogen and oxygen atoms in total. The molecule has 1 fully saturated rings. The normalized spacial score (nSPS) is 19.6. The highest BCUT2D eigenvalue weighted by Crippen LogP contribution is 2.22. The number of carbonyl (C=O) groups excluding carboxylic acids is 1. The minimum Gasteiger partial charge on any atom is -0.307 e. The van der Waals surface area contributed by atoms with E-state index in [-0.39, 0.29) is 0 Å². The van der Waals surface area contributed by atoms with E-state index in [1.165, 1.54) is 25.7 Å². The van der Waals surface area contributed by atoms with Crippen LogP contribution in [-0.2, 0) is 4.79 Å². The third kappa shape index (κ3) is 2.78. The van der Waals surface area contributed by atoms with Gasteiger partial charge in [-0.1, -0.05) is 32.6 Å². The van der Waals surface area contributed by atoms with Gasteiger partial charge in [0.2, 0.25) is 0 Å². The van der Waals surface area contributed by atoms with E-state index in [0.29, 0.717) is 0 Å². The third-order valence-electron chi connectivity index (χ3n) is 1.64. The zero-order valence-electron chi connectivity index (χ0n) is 5.52. The molecule has 0 aliphatic heterocycles. The summed E-state index contributed by atoms with van der Waals surface area (Å²) < 4.78 is 0. The van der Waals surface area contributed by atoms with Crippen molar-refractivity contribution in [2.24, 2.45) is 5.92 Å². The largest absolute Gasteiger partial charge is 0.307 e. The summed E-state index contributed by atoms with van der Waals surface area (Å²) in [5, 5.41) is 0. The Bertz CT molecular complexity index is 46.3. The van der Waals surface area contributed by atoms with Crippen LogP contribution in [0.5, 0.6) is 0 Å². The van der Waals surface area contributed by atoms with E-state index in [0.717, 1.165) is 5.92 Å². The monoisotopic (exact) mass is 114 g/mol. The topological polar surface area (TPSA) is 17.1 Å². The van der Waals surface area contributed by atoms with Gasteiger partial charge in [-0.2, -0.15) is 0 Å². The average Bonchev–Trinajstić information content (AvgIpc) is 2.24. The molecule has 1 saturated carbocycles. The second kappa shape index (κ2) is 4.82. The molecule has 0 atom stereocenters. The lowest BCUT2D eigenvalue weighted by atomic mass is 10.2. The Morgan fingerprint density at radius 3 is 1.75 bits per heavy atom. The van der Waals surface area contributed by atoms with Gasteiger partial charge >= 0.3 is 0 Å². The van der Waals surface area contributed by atoms with Crippen molar-refractivity contribution in [2.75, 3.05) is 0 Å². The van der Waals surface area contributed by atoms with E-state index in [2.05, 4.69) is 6.92 Å². The van der Waals surface area contributed by atoms with Crippen molar-refractivity contribution in [1.82, 2.24) is 0 Å². The van der Waals surface area contributed by atoms with Crippen LogP contribution in [0.1, 0.15) is 32.6 Å². The van der Waals surface area contributed by atoms with Gasteiger partial charge in [0.1, 0.15) is 6.79 Å². The molecule has 0 radical (unpaired) electrons. The summed E-state index contributed by atoms with van der Waals surface area (Å²) in [5.41, 5.74) is 0. The van der Waals surface area contributed by atoms with Crippen LogP contribution in [0.25, 0.3) is 0 Å². The smallest absolute Gasteiger partial charge is 0.106 e. The second-order valence-corrected chi connectivity index (χ2v) is 2.39. The summed E-state index contributed by atoms with van der Waals surface area (Å²) in [6, 6.07) is 0. The van der Waals surface area contributed by atoms with Crippen LogP contribution < -0.4 is 0 Å². The number of carbonyl (C=O) groups is 1. The van der Waals surface area contributed by atoms with Crippen LogP contribution in [0.3, 0.4) is 0 Å². The fourth-order valence-corrected chi connectivity index (χ4v) is 1.13. The standard InChI is InChI=1S/C6H12.CH2O/c1-6-4-2-3-5-6;1-2/h6H,2-5H2,1H3;1H2. The summed E-state index contributed by atoms with van der Waals surface area (Å²) in [6.07, 6.45) is 5.95. The van der Waals surface area contributed by atoms with Crippen LogP contribution in [-0.4, -0.2) is 6.79 Å². The highest BCUT2D eigenvalue weighted by Gasteiger charge is 2.07. The molecule has 0 amide bonds. The maximum absolute atomic E-state index is 8.00. The van der Waals surface area contributed by atoms with E-state index in [9.17, 15) is 0 Å². The Kier molecular flexibility index (Phi) is 4.62. The summed E-state index contributed by atoms with van der Waals surface area (Å²) in [7, 11) is 0. The molecule has 0 aromatic rings. The molecule has 1 rings (SSSR count). The van der Waals surface area contributed by atoms with E-state index in [4.69, 9.17) is 4.79 Å². The molecular formula is C7H14O. The summed E-state index contributed by atoms with van der Waals surface area (Å²) in [6.45, 7) is 4.34. The fraction of sp³-hybridized carbons (Fsp3) is 0.857. The summed E-state index contributed by atoms with van der Waals surface area (Å²) >= 11 is 0. The van der Waals surface area contributed by atoms with E-state index >= 15 is 0 Å². The van der Waals surface area contributed by atoms with Gasteiger partial charge in [-0.3, -0.25) is 0 Å². The van der Waals surface area contributed by atoms with Crippen molar-refractivity contribution in [2.45, 2.75) is 32.6 Å². The highest BCUT2D eigenvalue weighted by molar-refractivity contribution is 5.10. The van der Waals surface area contributed by atoms with Gasteiger partial charge in [-0.15, -0.1) is 0 Å². The molecule has 0 heterocycles. The molecule has 48 valence electrons. The Hall–Kier alpha value is -0.330. The summed E-state index contributed by atoms with van der Waals surface area (Å²) in [4.78, 5) is 8.00. The zero-order chi connectivity index (χ0) is 6.41. The van der Waals surface area contributed by atoms with E-state index in [1.807, 2.05) is 6.79 Å². The maximum atomic E-state index is 8.00. The first kappa shape index (κ1) is 7.67. The quantitative estimate of drug-likeness (QED) is 0.471. The molecule has 0 unspecified atom stereocenters. The zero-order valence-corrected chi connectivity index (χ0v) is 5.52. The molecule has 0 aromatic heterocycles. The molecule has 1 aliphatic carbocycles. The molecule has 0 bridgehead atoms. The van der Waals surface area contributed by atoms with Crippen molar-refractivity contribution in [3.63, 3.8) is 0 Å². The van der Waals surface area contributed by atoms with E-state index in [1.54, 1.807) is 0 Å². The number of hydrogen-bond acceptors (Lipinski definition) is 1. The molecule has 0 N–H and O–H groups in total. The second-order valence-electron chi connectivity index (χ2n) is 2.39. The minimum atomic E-state index is 1.05. The molecule has 8 heavy (non-hydrogen) atoms. The van der Waals surface area contributed by atoms with E-state index < -0.39 is 0 Å². The van der Waals surface area contributed by atoms with Crippen LogP contribution in [0.4, 0.5) is 0 Å². The first-order chi connectivity index (χ1) is 3.89. The lowest BCUT2D eigenvalue weighted by molar-refractivity contribution is -0.0979. The molecule has 0 aromatic carbocycles. The Balaban J connectivity index is 0.000000222. The van der Waals surface area contributed by atoms with Gasteiger partial charge in [-0.05, 0) is 5.92 Å². The summed E-state index contributed by atoms with van der Waals surface area (Å²) in [5.74, 6) is 1.05. The van der Waals surface area contributed by atoms with Gasteiger partial charge in [0.25, 0.3) is 0 Å². The van der Waals surface area contributed by atoms with Gasteiger partial charge in [0.15, 0.2) is 0 Å². The van der Waals surface area contributed by atoms with Crippen LogP contribution in [0.15, 0.2) is 0 Å². The number of rotatable bonds is 0. The molecular weight excluding hydrogens is 100 g/mol. The highest BCUT2D eigenvalue weighted by atomic mass is 16.1. The van der Waals surface area contributed by atoms with Gasteiger partial charge in [0.05, 0.1) is 0 Å². The lowest BCUT2D eigenvalue weighted by Crippen LogP contribution is -1.78. The van der Waals surface area contributed by atoms with Crippen molar-refractivity contribution in [3.05, 3.63) is 0 Å². The van der Waals surface area contributed by atoms with Gasteiger partial charge in [0, 0.05) is 0 Å².